The highest BCUT2D eigenvalue weighted by Gasteiger charge is 2.18. The topological polar surface area (TPSA) is 121 Å². The normalized spacial score (nSPS) is 11.7. The van der Waals surface area contributed by atoms with Crippen molar-refractivity contribution in [1.29, 1.82) is 5.26 Å². The largest absolute Gasteiger partial charge is 0.450 e. The van der Waals surface area contributed by atoms with Crippen molar-refractivity contribution in [1.82, 2.24) is 0 Å². The van der Waals surface area contributed by atoms with Crippen LogP contribution in [-0.4, -0.2) is 30.6 Å². The van der Waals surface area contributed by atoms with E-state index < -0.39 is 10.9 Å². The van der Waals surface area contributed by atoms with Crippen LogP contribution < -0.4 is 4.90 Å². The van der Waals surface area contributed by atoms with Crippen LogP contribution in [0, 0.1) is 27.4 Å². The molecule has 2 rings (SSSR count). The molecule has 2 aromatic rings. The summed E-state index contributed by atoms with van der Waals surface area (Å²) in [5.41, 5.74) is 1.68. The molecular formula is C20H20ClN5O4. The molecule has 2 aromatic carbocycles. The quantitative estimate of drug-likeness (QED) is 0.234. The minimum Gasteiger partial charge on any atom is -0.450 e. The van der Waals surface area contributed by atoms with Crippen molar-refractivity contribution in [2.75, 3.05) is 24.6 Å². The Balaban J connectivity index is 2.06. The van der Waals surface area contributed by atoms with Crippen molar-refractivity contribution in [2.45, 2.75) is 13.8 Å². The zero-order valence-electron chi connectivity index (χ0n) is 16.5. The van der Waals surface area contributed by atoms with E-state index >= 15 is 0 Å². The first-order valence-corrected chi connectivity index (χ1v) is 9.47. The van der Waals surface area contributed by atoms with Crippen molar-refractivity contribution in [3.8, 4) is 6.07 Å². The molecule has 9 nitrogen and oxygen atoms in total. The maximum Gasteiger partial charge on any atom is 0.311 e. The van der Waals surface area contributed by atoms with Gasteiger partial charge >= 0.3 is 5.97 Å². The number of hydrogen-bond acceptors (Lipinski definition) is 8. The first-order chi connectivity index (χ1) is 14.3. The van der Waals surface area contributed by atoms with E-state index in [9.17, 15) is 14.9 Å². The number of anilines is 1. The third kappa shape index (κ3) is 6.25. The molecule has 0 aliphatic heterocycles. The van der Waals surface area contributed by atoms with E-state index in [2.05, 4.69) is 10.2 Å². The molecule has 0 radical (unpaired) electrons. The Kier molecular flexibility index (Phi) is 8.26. The van der Waals surface area contributed by atoms with E-state index in [1.54, 1.807) is 25.1 Å². The number of carbonyl (C=O) groups excluding carboxylic acids is 1. The molecule has 0 N–H and O–H groups in total. The second kappa shape index (κ2) is 10.9. The number of nitrogens with zero attached hydrogens (tertiary/aromatic N) is 5. The molecule has 0 aliphatic carbocycles. The lowest BCUT2D eigenvalue weighted by atomic mass is 10.1. The summed E-state index contributed by atoms with van der Waals surface area (Å²) in [7, 11) is 0. The number of non-ortho nitro benzene ring substituents is 1. The van der Waals surface area contributed by atoms with Crippen molar-refractivity contribution < 1.29 is 14.5 Å². The van der Waals surface area contributed by atoms with E-state index in [4.69, 9.17) is 21.6 Å². The number of nitro benzene ring substituents is 1. The monoisotopic (exact) mass is 429 g/mol. The SMILES string of the molecule is CCN(CC(C)C(=O)OCC#N)c1ccc(/N=N/c2ccc([N+](=O)[O-])cc2Cl)cc1. The van der Waals surface area contributed by atoms with Crippen LogP contribution in [-0.2, 0) is 9.53 Å². The molecule has 156 valence electrons. The van der Waals surface area contributed by atoms with Crippen LogP contribution in [0.25, 0.3) is 0 Å². The van der Waals surface area contributed by atoms with Crippen LogP contribution in [0.2, 0.25) is 5.02 Å². The van der Waals surface area contributed by atoms with Gasteiger partial charge in [-0.2, -0.15) is 10.4 Å². The van der Waals surface area contributed by atoms with Gasteiger partial charge in [0.2, 0.25) is 0 Å². The molecular weight excluding hydrogens is 410 g/mol. The summed E-state index contributed by atoms with van der Waals surface area (Å²) in [6.45, 7) is 4.58. The van der Waals surface area contributed by atoms with Gasteiger partial charge in [0, 0.05) is 30.9 Å². The molecule has 0 heterocycles. The highest BCUT2D eigenvalue weighted by atomic mass is 35.5. The first-order valence-electron chi connectivity index (χ1n) is 9.10. The number of rotatable bonds is 9. The predicted molar refractivity (Wildman–Crippen MR) is 112 cm³/mol. The molecule has 0 spiro atoms. The third-order valence-corrected chi connectivity index (χ3v) is 4.49. The lowest BCUT2D eigenvalue weighted by Crippen LogP contribution is -2.32. The average Bonchev–Trinajstić information content (AvgIpc) is 2.75. The Bertz CT molecular complexity index is 972. The fourth-order valence-electron chi connectivity index (χ4n) is 2.60. The van der Waals surface area contributed by atoms with Gasteiger partial charge in [0.1, 0.15) is 11.8 Å². The summed E-state index contributed by atoms with van der Waals surface area (Å²) in [5.74, 6) is -0.803. The number of nitriles is 1. The zero-order valence-corrected chi connectivity index (χ0v) is 17.2. The Labute approximate surface area is 178 Å². The molecule has 0 fully saturated rings. The van der Waals surface area contributed by atoms with Crippen molar-refractivity contribution >= 4 is 40.3 Å². The van der Waals surface area contributed by atoms with Crippen LogP contribution in [0.4, 0.5) is 22.7 Å². The Morgan fingerprint density at radius 3 is 2.57 bits per heavy atom. The number of halogens is 1. The van der Waals surface area contributed by atoms with Gasteiger partial charge in [-0.15, -0.1) is 5.11 Å². The molecule has 0 aliphatic rings. The maximum atomic E-state index is 11.9. The molecule has 0 bridgehead atoms. The Morgan fingerprint density at radius 1 is 1.30 bits per heavy atom. The van der Waals surface area contributed by atoms with Gasteiger partial charge in [0.15, 0.2) is 6.61 Å². The van der Waals surface area contributed by atoms with Crippen LogP contribution in [0.3, 0.4) is 0 Å². The summed E-state index contributed by atoms with van der Waals surface area (Å²) in [4.78, 5) is 24.1. The number of azo groups is 1. The Hall–Kier alpha value is -3.51. The smallest absolute Gasteiger partial charge is 0.311 e. The summed E-state index contributed by atoms with van der Waals surface area (Å²) < 4.78 is 4.86. The second-order valence-corrected chi connectivity index (χ2v) is 6.72. The molecule has 0 saturated carbocycles. The number of esters is 1. The van der Waals surface area contributed by atoms with Gasteiger partial charge in [-0.25, -0.2) is 0 Å². The summed E-state index contributed by atoms with van der Waals surface area (Å²) in [5, 5.41) is 27.5. The second-order valence-electron chi connectivity index (χ2n) is 6.31. The summed E-state index contributed by atoms with van der Waals surface area (Å²) >= 11 is 6.01. The average molecular weight is 430 g/mol. The lowest BCUT2D eigenvalue weighted by molar-refractivity contribution is -0.384. The minimum absolute atomic E-state index is 0.117. The molecule has 0 saturated heterocycles. The van der Waals surface area contributed by atoms with Gasteiger partial charge in [-0.05, 0) is 37.3 Å². The molecule has 1 atom stereocenters. The number of hydrogen-bond donors (Lipinski definition) is 0. The number of nitro groups is 1. The standard InChI is InChI=1S/C20H20ClN5O4/c1-3-25(13-14(2)20(27)30-11-10-22)16-6-4-15(5-7-16)23-24-19-9-8-17(26(28)29)12-18(19)21/h4-9,12,14H,3,11,13H2,1-2H3/b24-23+. The maximum absolute atomic E-state index is 11.9. The fraction of sp³-hybridized carbons (Fsp3) is 0.300. The number of benzene rings is 2. The highest BCUT2D eigenvalue weighted by molar-refractivity contribution is 6.33. The van der Waals surface area contributed by atoms with Crippen LogP contribution in [0.1, 0.15) is 13.8 Å². The number of ether oxygens (including phenoxy) is 1. The minimum atomic E-state index is -0.533. The van der Waals surface area contributed by atoms with E-state index in [0.29, 0.717) is 24.5 Å². The van der Waals surface area contributed by atoms with Crippen molar-refractivity contribution in [2.24, 2.45) is 16.1 Å². The first kappa shape index (κ1) is 22.8. The van der Waals surface area contributed by atoms with E-state index in [0.717, 1.165) is 5.69 Å². The molecule has 0 aromatic heterocycles. The van der Waals surface area contributed by atoms with E-state index in [1.165, 1.54) is 18.2 Å². The Morgan fingerprint density at radius 2 is 2.00 bits per heavy atom. The van der Waals surface area contributed by atoms with Gasteiger partial charge in [0.05, 0.1) is 21.6 Å². The lowest BCUT2D eigenvalue weighted by Gasteiger charge is -2.25. The summed E-state index contributed by atoms with van der Waals surface area (Å²) in [6.07, 6.45) is 0. The fourth-order valence-corrected chi connectivity index (χ4v) is 2.81. The zero-order chi connectivity index (χ0) is 22.1. The van der Waals surface area contributed by atoms with E-state index in [1.807, 2.05) is 24.0 Å². The van der Waals surface area contributed by atoms with Gasteiger partial charge < -0.3 is 9.64 Å². The molecule has 0 amide bonds. The van der Waals surface area contributed by atoms with E-state index in [-0.39, 0.29) is 23.2 Å². The molecule has 10 heteroatoms. The van der Waals surface area contributed by atoms with Crippen molar-refractivity contribution in [3.63, 3.8) is 0 Å². The van der Waals surface area contributed by atoms with Crippen molar-refractivity contribution in [3.05, 3.63) is 57.6 Å². The van der Waals surface area contributed by atoms with Gasteiger partial charge in [0.25, 0.3) is 5.69 Å². The third-order valence-electron chi connectivity index (χ3n) is 4.19. The molecule has 30 heavy (non-hydrogen) atoms. The highest BCUT2D eigenvalue weighted by Crippen LogP contribution is 2.30. The summed E-state index contributed by atoms with van der Waals surface area (Å²) in [6, 6.07) is 13.0. The van der Waals surface area contributed by atoms with Crippen LogP contribution in [0.15, 0.2) is 52.7 Å². The van der Waals surface area contributed by atoms with Crippen LogP contribution in [0.5, 0.6) is 0 Å². The van der Waals surface area contributed by atoms with Gasteiger partial charge in [-0.1, -0.05) is 18.5 Å². The number of carbonyl (C=O) groups is 1. The van der Waals surface area contributed by atoms with Gasteiger partial charge in [-0.3, -0.25) is 14.9 Å². The van der Waals surface area contributed by atoms with Crippen LogP contribution >= 0.6 is 11.6 Å². The predicted octanol–water partition coefficient (Wildman–Crippen LogP) is 5.19. The molecule has 1 unspecified atom stereocenters.